The van der Waals surface area contributed by atoms with Crippen LogP contribution in [-0.2, 0) is 0 Å². The van der Waals surface area contributed by atoms with Crippen molar-refractivity contribution < 1.29 is 5.11 Å². The lowest BCUT2D eigenvalue weighted by Gasteiger charge is -2.28. The first-order chi connectivity index (χ1) is 8.72. The molecule has 6 heteroatoms. The van der Waals surface area contributed by atoms with E-state index in [9.17, 15) is 5.11 Å². The van der Waals surface area contributed by atoms with Crippen molar-refractivity contribution in [1.82, 2.24) is 9.97 Å². The molecule has 0 radical (unpaired) electrons. The van der Waals surface area contributed by atoms with Gasteiger partial charge in [0, 0.05) is 12.7 Å². The Hall–Kier alpha value is -1.69. The topological polar surface area (TPSA) is 99.1 Å². The summed E-state index contributed by atoms with van der Waals surface area (Å²) >= 11 is 0. The molecule has 1 saturated heterocycles. The van der Waals surface area contributed by atoms with E-state index in [1.165, 1.54) is 6.42 Å². The van der Waals surface area contributed by atoms with E-state index in [2.05, 4.69) is 9.97 Å². The summed E-state index contributed by atoms with van der Waals surface area (Å²) in [4.78, 5) is 10.6. The molecule has 1 aliphatic rings. The van der Waals surface area contributed by atoms with Crippen LogP contribution in [0.5, 0.6) is 0 Å². The maximum Gasteiger partial charge on any atom is 0.226 e. The van der Waals surface area contributed by atoms with Crippen LogP contribution in [0.1, 0.15) is 31.4 Å². The SMILES string of the molecule is N=C(N)c1ccnc(N2CCCCCC2CO)n1. The molecule has 1 aliphatic heterocycles. The smallest absolute Gasteiger partial charge is 0.226 e. The van der Waals surface area contributed by atoms with Crippen LogP contribution in [0.25, 0.3) is 0 Å². The Kier molecular flexibility index (Phi) is 4.09. The largest absolute Gasteiger partial charge is 0.394 e. The Morgan fingerprint density at radius 3 is 3.06 bits per heavy atom. The quantitative estimate of drug-likeness (QED) is 0.535. The van der Waals surface area contributed by atoms with Crippen LogP contribution >= 0.6 is 0 Å². The van der Waals surface area contributed by atoms with Crippen LogP contribution in [0, 0.1) is 5.41 Å². The molecule has 1 fully saturated rings. The highest BCUT2D eigenvalue weighted by atomic mass is 16.3. The molecule has 0 amide bonds. The van der Waals surface area contributed by atoms with E-state index in [4.69, 9.17) is 11.1 Å². The summed E-state index contributed by atoms with van der Waals surface area (Å²) in [6.07, 6.45) is 5.92. The summed E-state index contributed by atoms with van der Waals surface area (Å²) in [6.45, 7) is 0.945. The molecule has 98 valence electrons. The molecule has 0 aromatic carbocycles. The first-order valence-electron chi connectivity index (χ1n) is 6.27. The molecular weight excluding hydrogens is 230 g/mol. The van der Waals surface area contributed by atoms with Gasteiger partial charge in [0.15, 0.2) is 0 Å². The van der Waals surface area contributed by atoms with Gasteiger partial charge in [0.25, 0.3) is 0 Å². The van der Waals surface area contributed by atoms with Crippen LogP contribution in [0.2, 0.25) is 0 Å². The highest BCUT2D eigenvalue weighted by Crippen LogP contribution is 2.20. The van der Waals surface area contributed by atoms with E-state index < -0.39 is 0 Å². The number of nitrogens with two attached hydrogens (primary N) is 1. The molecule has 1 unspecified atom stereocenters. The molecule has 0 spiro atoms. The van der Waals surface area contributed by atoms with Crippen LogP contribution in [0.4, 0.5) is 5.95 Å². The Balaban J connectivity index is 2.26. The molecule has 0 aliphatic carbocycles. The molecule has 4 N–H and O–H groups in total. The number of hydrogen-bond donors (Lipinski definition) is 3. The number of aromatic nitrogens is 2. The molecule has 1 atom stereocenters. The van der Waals surface area contributed by atoms with Crippen molar-refractivity contribution in [2.75, 3.05) is 18.1 Å². The molecule has 0 saturated carbocycles. The predicted molar refractivity (Wildman–Crippen MR) is 69.7 cm³/mol. The molecule has 2 heterocycles. The molecule has 2 rings (SSSR count). The Labute approximate surface area is 106 Å². The fraction of sp³-hybridized carbons (Fsp3) is 0.583. The van der Waals surface area contributed by atoms with Crippen molar-refractivity contribution in [3.63, 3.8) is 0 Å². The number of rotatable bonds is 3. The van der Waals surface area contributed by atoms with E-state index in [-0.39, 0.29) is 18.5 Å². The van der Waals surface area contributed by atoms with E-state index in [1.807, 2.05) is 4.90 Å². The van der Waals surface area contributed by atoms with Gasteiger partial charge in [0.1, 0.15) is 11.5 Å². The summed E-state index contributed by atoms with van der Waals surface area (Å²) in [5, 5.41) is 16.9. The predicted octanol–water partition coefficient (Wildman–Crippen LogP) is 0.502. The molecule has 0 bridgehead atoms. The average Bonchev–Trinajstić information content (AvgIpc) is 2.63. The fourth-order valence-electron chi connectivity index (χ4n) is 2.27. The van der Waals surface area contributed by atoms with Gasteiger partial charge < -0.3 is 15.7 Å². The zero-order valence-electron chi connectivity index (χ0n) is 10.3. The second-order valence-corrected chi connectivity index (χ2v) is 4.53. The fourth-order valence-corrected chi connectivity index (χ4v) is 2.27. The minimum absolute atomic E-state index is 0.0611. The summed E-state index contributed by atoms with van der Waals surface area (Å²) in [5.41, 5.74) is 5.87. The van der Waals surface area contributed by atoms with Crippen LogP contribution in [0.3, 0.4) is 0 Å². The van der Waals surface area contributed by atoms with Crippen molar-refractivity contribution in [1.29, 1.82) is 5.41 Å². The number of nitrogens with zero attached hydrogens (tertiary/aromatic N) is 3. The van der Waals surface area contributed by atoms with E-state index in [0.29, 0.717) is 11.6 Å². The summed E-state index contributed by atoms with van der Waals surface area (Å²) in [5.74, 6) is 0.498. The van der Waals surface area contributed by atoms with Gasteiger partial charge in [-0.3, -0.25) is 5.41 Å². The lowest BCUT2D eigenvalue weighted by Crippen LogP contribution is -2.39. The van der Waals surface area contributed by atoms with Gasteiger partial charge in [-0.1, -0.05) is 12.8 Å². The maximum absolute atomic E-state index is 9.46. The average molecular weight is 249 g/mol. The third kappa shape index (κ3) is 2.76. The lowest BCUT2D eigenvalue weighted by atomic mass is 10.1. The minimum atomic E-state index is -0.0611. The second kappa shape index (κ2) is 5.77. The Morgan fingerprint density at radius 2 is 2.33 bits per heavy atom. The molecular formula is C12H19N5O. The number of nitrogen functional groups attached to an aromatic ring is 1. The third-order valence-corrected chi connectivity index (χ3v) is 3.26. The standard InChI is InChI=1S/C12H19N5O/c13-11(14)10-5-6-15-12(16-10)17-7-3-1-2-4-9(17)8-18/h5-6,9,18H,1-4,7-8H2,(H3,13,14). The summed E-state index contributed by atoms with van der Waals surface area (Å²) < 4.78 is 0. The van der Waals surface area contributed by atoms with Crippen LogP contribution < -0.4 is 10.6 Å². The van der Waals surface area contributed by atoms with Crippen LogP contribution in [-0.4, -0.2) is 40.1 Å². The van der Waals surface area contributed by atoms with Crippen LogP contribution in [0.15, 0.2) is 12.3 Å². The number of nitrogens with one attached hydrogen (secondary N) is 1. The van der Waals surface area contributed by atoms with E-state index in [1.54, 1.807) is 12.3 Å². The van der Waals surface area contributed by atoms with Gasteiger partial charge >= 0.3 is 0 Å². The summed E-state index contributed by atoms with van der Waals surface area (Å²) in [6, 6.07) is 1.69. The van der Waals surface area contributed by atoms with Crippen molar-refractivity contribution in [2.45, 2.75) is 31.7 Å². The zero-order chi connectivity index (χ0) is 13.0. The number of aliphatic hydroxyl groups excluding tert-OH is 1. The van der Waals surface area contributed by atoms with Gasteiger partial charge in [-0.2, -0.15) is 0 Å². The molecule has 1 aromatic rings. The number of anilines is 1. The van der Waals surface area contributed by atoms with Crippen molar-refractivity contribution in [3.05, 3.63) is 18.0 Å². The minimum Gasteiger partial charge on any atom is -0.394 e. The van der Waals surface area contributed by atoms with Gasteiger partial charge in [0.05, 0.1) is 12.6 Å². The zero-order valence-corrected chi connectivity index (χ0v) is 10.3. The third-order valence-electron chi connectivity index (χ3n) is 3.26. The van der Waals surface area contributed by atoms with Gasteiger partial charge in [-0.05, 0) is 18.9 Å². The van der Waals surface area contributed by atoms with E-state index in [0.717, 1.165) is 25.8 Å². The number of amidine groups is 1. The number of hydrogen-bond acceptors (Lipinski definition) is 5. The first kappa shape index (κ1) is 12.8. The Morgan fingerprint density at radius 1 is 1.50 bits per heavy atom. The maximum atomic E-state index is 9.46. The van der Waals surface area contributed by atoms with Crippen molar-refractivity contribution in [3.8, 4) is 0 Å². The lowest BCUT2D eigenvalue weighted by molar-refractivity contribution is 0.254. The van der Waals surface area contributed by atoms with Crippen molar-refractivity contribution >= 4 is 11.8 Å². The molecule has 18 heavy (non-hydrogen) atoms. The second-order valence-electron chi connectivity index (χ2n) is 4.53. The normalized spacial score (nSPS) is 20.5. The summed E-state index contributed by atoms with van der Waals surface area (Å²) in [7, 11) is 0. The van der Waals surface area contributed by atoms with Crippen molar-refractivity contribution in [2.24, 2.45) is 5.73 Å². The molecule has 1 aromatic heterocycles. The first-order valence-corrected chi connectivity index (χ1v) is 6.27. The highest BCUT2D eigenvalue weighted by Gasteiger charge is 2.22. The monoisotopic (exact) mass is 249 g/mol. The Bertz CT molecular complexity index is 423. The van der Waals surface area contributed by atoms with Gasteiger partial charge in [-0.25, -0.2) is 9.97 Å². The van der Waals surface area contributed by atoms with Gasteiger partial charge in [-0.15, -0.1) is 0 Å². The molecule has 6 nitrogen and oxygen atoms in total. The highest BCUT2D eigenvalue weighted by molar-refractivity contribution is 5.93. The van der Waals surface area contributed by atoms with E-state index >= 15 is 0 Å². The van der Waals surface area contributed by atoms with Gasteiger partial charge in [0.2, 0.25) is 5.95 Å². The number of aliphatic hydroxyl groups is 1.